The summed E-state index contributed by atoms with van der Waals surface area (Å²) in [4.78, 5) is 20.8. The maximum atomic E-state index is 11.6. The molecule has 0 radical (unpaired) electrons. The number of aromatic nitrogens is 3. The van der Waals surface area contributed by atoms with Crippen LogP contribution >= 0.6 is 27.7 Å². The Bertz CT molecular complexity index is 1160. The third kappa shape index (κ3) is 4.28. The predicted octanol–water partition coefficient (Wildman–Crippen LogP) is 6.31. The first-order valence-electron chi connectivity index (χ1n) is 9.36. The molecule has 0 saturated carbocycles. The van der Waals surface area contributed by atoms with Crippen molar-refractivity contribution < 1.29 is 4.79 Å². The second-order valence-corrected chi connectivity index (χ2v) is 9.31. The molecule has 0 fully saturated rings. The van der Waals surface area contributed by atoms with Crippen molar-refractivity contribution in [3.63, 3.8) is 0 Å². The molecular weight excluding hydrogens is 446 g/mol. The van der Waals surface area contributed by atoms with E-state index >= 15 is 0 Å². The van der Waals surface area contributed by atoms with Crippen LogP contribution in [0.4, 0.5) is 0 Å². The average molecular weight is 466 g/mol. The van der Waals surface area contributed by atoms with E-state index in [1.807, 2.05) is 30.3 Å². The molecule has 1 atom stereocenters. The number of carbonyl (C=O) groups excluding carboxylic acids is 1. The average Bonchev–Trinajstić information content (AvgIpc) is 3.09. The normalized spacial score (nSPS) is 12.2. The van der Waals surface area contributed by atoms with E-state index in [0.717, 1.165) is 37.3 Å². The molecule has 2 heterocycles. The monoisotopic (exact) mass is 465 g/mol. The lowest BCUT2D eigenvalue weighted by atomic mass is 10.1. The summed E-state index contributed by atoms with van der Waals surface area (Å²) in [7, 11) is 0. The summed E-state index contributed by atoms with van der Waals surface area (Å²) in [5.74, 6) is 0.186. The fourth-order valence-corrected chi connectivity index (χ4v) is 4.79. The first-order chi connectivity index (χ1) is 14.0. The minimum atomic E-state index is 0.144. The Labute approximate surface area is 182 Å². The van der Waals surface area contributed by atoms with E-state index in [9.17, 15) is 4.79 Å². The fraction of sp³-hybridized carbons (Fsp3) is 0.174. The predicted molar refractivity (Wildman–Crippen MR) is 123 cm³/mol. The SMILES string of the molecule is CC(=O)C[C@@H](C)Sc1ncnc2c1c(-c1ccccc1)cn2-c1ccc(Br)cc1. The number of rotatable bonds is 6. The first kappa shape index (κ1) is 19.9. The highest BCUT2D eigenvalue weighted by Gasteiger charge is 2.19. The largest absolute Gasteiger partial charge is 0.301 e. The number of carbonyl (C=O) groups is 1. The van der Waals surface area contributed by atoms with Crippen LogP contribution in [0.5, 0.6) is 0 Å². The molecule has 146 valence electrons. The number of benzene rings is 2. The van der Waals surface area contributed by atoms with Gasteiger partial charge in [0.1, 0.15) is 22.8 Å². The smallest absolute Gasteiger partial charge is 0.149 e. The van der Waals surface area contributed by atoms with Crippen LogP contribution in [0.15, 0.2) is 76.6 Å². The number of Topliss-reactive ketones (excluding diaryl/α,β-unsaturated/α-hetero) is 1. The standard InChI is InChI=1S/C23H20BrN3OS/c1-15(28)12-16(2)29-23-21-20(17-6-4-3-5-7-17)13-27(22(21)25-14-26-23)19-10-8-18(24)9-11-19/h3-11,13-14,16H,12H2,1-2H3/t16-/m1/s1. The number of thioether (sulfide) groups is 1. The Morgan fingerprint density at radius 2 is 1.83 bits per heavy atom. The number of hydrogen-bond donors (Lipinski definition) is 0. The number of ketones is 1. The number of nitrogens with zero attached hydrogens (tertiary/aromatic N) is 3. The molecule has 4 rings (SSSR count). The van der Waals surface area contributed by atoms with Gasteiger partial charge in [-0.25, -0.2) is 9.97 Å². The van der Waals surface area contributed by atoms with E-state index in [0.29, 0.717) is 6.42 Å². The van der Waals surface area contributed by atoms with Gasteiger partial charge < -0.3 is 4.57 Å². The highest BCUT2D eigenvalue weighted by Crippen LogP contribution is 2.38. The van der Waals surface area contributed by atoms with E-state index in [1.54, 1.807) is 25.0 Å². The van der Waals surface area contributed by atoms with Crippen LogP contribution in [0.25, 0.3) is 27.8 Å². The minimum absolute atomic E-state index is 0.144. The van der Waals surface area contributed by atoms with Crippen molar-refractivity contribution in [2.75, 3.05) is 0 Å². The van der Waals surface area contributed by atoms with Gasteiger partial charge in [0.15, 0.2) is 0 Å². The first-order valence-corrected chi connectivity index (χ1v) is 11.0. The molecule has 0 aliphatic carbocycles. The van der Waals surface area contributed by atoms with Gasteiger partial charge in [-0.1, -0.05) is 53.2 Å². The molecule has 6 heteroatoms. The molecule has 29 heavy (non-hydrogen) atoms. The van der Waals surface area contributed by atoms with Crippen molar-refractivity contribution in [2.24, 2.45) is 0 Å². The van der Waals surface area contributed by atoms with Gasteiger partial charge in [0.25, 0.3) is 0 Å². The van der Waals surface area contributed by atoms with Crippen LogP contribution < -0.4 is 0 Å². The zero-order chi connectivity index (χ0) is 20.4. The molecule has 0 unspecified atom stereocenters. The van der Waals surface area contributed by atoms with Crippen LogP contribution in [-0.2, 0) is 4.79 Å². The molecule has 0 bridgehead atoms. The zero-order valence-corrected chi connectivity index (χ0v) is 18.6. The second kappa shape index (κ2) is 8.51. The van der Waals surface area contributed by atoms with Crippen LogP contribution in [-0.4, -0.2) is 25.6 Å². The Hall–Kier alpha value is -2.44. The lowest BCUT2D eigenvalue weighted by molar-refractivity contribution is -0.116. The lowest BCUT2D eigenvalue weighted by Gasteiger charge is -2.10. The van der Waals surface area contributed by atoms with Gasteiger partial charge >= 0.3 is 0 Å². The van der Waals surface area contributed by atoms with Crippen molar-refractivity contribution in [3.8, 4) is 16.8 Å². The van der Waals surface area contributed by atoms with E-state index in [1.165, 1.54) is 0 Å². The number of halogens is 1. The highest BCUT2D eigenvalue weighted by molar-refractivity contribution is 9.10. The second-order valence-electron chi connectivity index (χ2n) is 6.97. The Morgan fingerprint density at radius 3 is 2.52 bits per heavy atom. The summed E-state index contributed by atoms with van der Waals surface area (Å²) < 4.78 is 3.14. The molecule has 0 spiro atoms. The summed E-state index contributed by atoms with van der Waals surface area (Å²) in [5.41, 5.74) is 4.09. The topological polar surface area (TPSA) is 47.8 Å². The van der Waals surface area contributed by atoms with Crippen LogP contribution in [0.3, 0.4) is 0 Å². The van der Waals surface area contributed by atoms with Gasteiger partial charge in [-0.2, -0.15) is 0 Å². The Kier molecular flexibility index (Phi) is 5.83. The Balaban J connectivity index is 1.91. The van der Waals surface area contributed by atoms with Crippen molar-refractivity contribution in [3.05, 3.63) is 71.6 Å². The van der Waals surface area contributed by atoms with Crippen LogP contribution in [0.2, 0.25) is 0 Å². The summed E-state index contributed by atoms with van der Waals surface area (Å²) in [6, 6.07) is 18.4. The molecular formula is C23H20BrN3OS. The van der Waals surface area contributed by atoms with Crippen molar-refractivity contribution in [1.29, 1.82) is 0 Å². The highest BCUT2D eigenvalue weighted by atomic mass is 79.9. The molecule has 0 N–H and O–H groups in total. The van der Waals surface area contributed by atoms with Gasteiger partial charge in [-0.15, -0.1) is 11.8 Å². The fourth-order valence-electron chi connectivity index (χ4n) is 3.40. The van der Waals surface area contributed by atoms with Gasteiger partial charge in [0.2, 0.25) is 0 Å². The third-order valence-electron chi connectivity index (χ3n) is 4.63. The van der Waals surface area contributed by atoms with E-state index in [4.69, 9.17) is 0 Å². The van der Waals surface area contributed by atoms with Crippen molar-refractivity contribution in [1.82, 2.24) is 14.5 Å². The summed E-state index contributed by atoms with van der Waals surface area (Å²) >= 11 is 5.13. The van der Waals surface area contributed by atoms with E-state index in [-0.39, 0.29) is 11.0 Å². The molecule has 0 aliphatic rings. The van der Waals surface area contributed by atoms with Gasteiger partial charge in [0.05, 0.1) is 5.39 Å². The zero-order valence-electron chi connectivity index (χ0n) is 16.2. The quantitative estimate of drug-likeness (QED) is 0.247. The number of fused-ring (bicyclic) bond motifs is 1. The van der Waals surface area contributed by atoms with E-state index < -0.39 is 0 Å². The van der Waals surface area contributed by atoms with Gasteiger partial charge in [-0.3, -0.25) is 4.79 Å². The summed E-state index contributed by atoms with van der Waals surface area (Å²) in [6.07, 6.45) is 4.25. The third-order valence-corrected chi connectivity index (χ3v) is 6.26. The molecule has 0 saturated heterocycles. The van der Waals surface area contributed by atoms with Gasteiger partial charge in [0, 0.05) is 33.6 Å². The Morgan fingerprint density at radius 1 is 1.10 bits per heavy atom. The number of hydrogen-bond acceptors (Lipinski definition) is 4. The molecule has 0 amide bonds. The van der Waals surface area contributed by atoms with E-state index in [2.05, 4.69) is 67.9 Å². The van der Waals surface area contributed by atoms with Crippen LogP contribution in [0.1, 0.15) is 20.3 Å². The lowest BCUT2D eigenvalue weighted by Crippen LogP contribution is -2.04. The van der Waals surface area contributed by atoms with Crippen LogP contribution in [0, 0.1) is 0 Å². The summed E-state index contributed by atoms with van der Waals surface area (Å²) in [6.45, 7) is 3.69. The molecule has 2 aromatic carbocycles. The summed E-state index contributed by atoms with van der Waals surface area (Å²) in [5, 5.41) is 2.06. The minimum Gasteiger partial charge on any atom is -0.301 e. The maximum absolute atomic E-state index is 11.6. The molecule has 4 aromatic rings. The van der Waals surface area contributed by atoms with Gasteiger partial charge in [-0.05, 0) is 36.8 Å². The molecule has 2 aromatic heterocycles. The van der Waals surface area contributed by atoms with Crippen molar-refractivity contribution in [2.45, 2.75) is 30.5 Å². The molecule has 0 aliphatic heterocycles. The molecule has 4 nitrogen and oxygen atoms in total. The van der Waals surface area contributed by atoms with Crippen molar-refractivity contribution >= 4 is 44.5 Å². The maximum Gasteiger partial charge on any atom is 0.149 e.